The van der Waals surface area contributed by atoms with E-state index in [2.05, 4.69) is 48.3 Å². The number of benzene rings is 1. The Kier molecular flexibility index (Phi) is 5.79. The van der Waals surface area contributed by atoms with Gasteiger partial charge < -0.3 is 19.4 Å². The lowest BCUT2D eigenvalue weighted by atomic mass is 10.1. The number of para-hydroxylation sites is 1. The van der Waals surface area contributed by atoms with Crippen molar-refractivity contribution in [3.63, 3.8) is 0 Å². The molecule has 0 aliphatic carbocycles. The summed E-state index contributed by atoms with van der Waals surface area (Å²) in [6.07, 6.45) is 2.01. The maximum atomic E-state index is 5.55. The van der Waals surface area contributed by atoms with Gasteiger partial charge in [0, 0.05) is 44.9 Å². The minimum atomic E-state index is -0.172. The Hall–Kier alpha value is -1.36. The molecule has 0 aliphatic heterocycles. The van der Waals surface area contributed by atoms with Gasteiger partial charge in [0.15, 0.2) is 6.29 Å². The Labute approximate surface area is 127 Å². The fourth-order valence-electron chi connectivity index (χ4n) is 2.76. The summed E-state index contributed by atoms with van der Waals surface area (Å²) < 4.78 is 13.3. The first-order valence-electron chi connectivity index (χ1n) is 7.64. The first kappa shape index (κ1) is 16.0. The second-order valence-electron chi connectivity index (χ2n) is 5.21. The second-order valence-corrected chi connectivity index (χ2v) is 5.21. The molecule has 1 aromatic heterocycles. The van der Waals surface area contributed by atoms with Crippen LogP contribution in [0.3, 0.4) is 0 Å². The lowest BCUT2D eigenvalue weighted by molar-refractivity contribution is -0.133. The van der Waals surface area contributed by atoms with Gasteiger partial charge in [-0.1, -0.05) is 18.2 Å². The number of nitrogens with zero attached hydrogens (tertiary/aromatic N) is 1. The van der Waals surface area contributed by atoms with Gasteiger partial charge in [-0.2, -0.15) is 0 Å². The van der Waals surface area contributed by atoms with E-state index in [0.29, 0.717) is 19.8 Å². The molecule has 0 saturated heterocycles. The molecule has 0 atom stereocenters. The molecule has 1 N–H and O–H groups in total. The predicted molar refractivity (Wildman–Crippen MR) is 86.4 cm³/mol. The Morgan fingerprint density at radius 3 is 2.57 bits per heavy atom. The molecule has 0 fully saturated rings. The summed E-state index contributed by atoms with van der Waals surface area (Å²) >= 11 is 0. The molecule has 0 saturated carbocycles. The highest BCUT2D eigenvalue weighted by Gasteiger charge is 2.10. The third-order valence-electron chi connectivity index (χ3n) is 3.62. The van der Waals surface area contributed by atoms with Crippen LogP contribution in [0.25, 0.3) is 10.9 Å². The minimum Gasteiger partial charge on any atom is -0.352 e. The number of aryl methyl sites for hydroxylation is 2. The molecule has 0 spiro atoms. The normalized spacial score (nSPS) is 11.7. The zero-order valence-corrected chi connectivity index (χ0v) is 13.5. The average Bonchev–Trinajstić information content (AvgIpc) is 2.75. The summed E-state index contributed by atoms with van der Waals surface area (Å²) in [7, 11) is 2.10. The first-order valence-corrected chi connectivity index (χ1v) is 7.64. The van der Waals surface area contributed by atoms with Crippen LogP contribution in [-0.4, -0.2) is 30.6 Å². The standard InChI is InChI=1S/C17H26N2O2/c1-5-20-16(21-6-2)11-18-10-14-8-7-9-15-13(3)12-19(4)17(14)15/h7-9,12,16,18H,5-6,10-11H2,1-4H3. The van der Waals surface area contributed by atoms with Crippen LogP contribution in [0.4, 0.5) is 0 Å². The second kappa shape index (κ2) is 7.59. The van der Waals surface area contributed by atoms with Gasteiger partial charge in [-0.05, 0) is 31.9 Å². The van der Waals surface area contributed by atoms with Crippen LogP contribution in [-0.2, 0) is 23.1 Å². The van der Waals surface area contributed by atoms with Gasteiger partial charge in [0.25, 0.3) is 0 Å². The Morgan fingerprint density at radius 2 is 1.90 bits per heavy atom. The predicted octanol–water partition coefficient (Wildman–Crippen LogP) is 2.98. The minimum absolute atomic E-state index is 0.172. The van der Waals surface area contributed by atoms with Crippen molar-refractivity contribution < 1.29 is 9.47 Å². The molecule has 4 heteroatoms. The van der Waals surface area contributed by atoms with Gasteiger partial charge in [-0.25, -0.2) is 0 Å². The molecule has 2 rings (SSSR count). The van der Waals surface area contributed by atoms with Gasteiger partial charge in [-0.3, -0.25) is 0 Å². The van der Waals surface area contributed by atoms with Crippen LogP contribution in [0.5, 0.6) is 0 Å². The smallest absolute Gasteiger partial charge is 0.169 e. The van der Waals surface area contributed by atoms with Crippen molar-refractivity contribution in [2.24, 2.45) is 7.05 Å². The van der Waals surface area contributed by atoms with Crippen molar-refractivity contribution in [3.05, 3.63) is 35.5 Å². The topological polar surface area (TPSA) is 35.4 Å². The maximum Gasteiger partial charge on any atom is 0.169 e. The highest BCUT2D eigenvalue weighted by atomic mass is 16.7. The Balaban J connectivity index is 2.03. The number of fused-ring (bicyclic) bond motifs is 1. The van der Waals surface area contributed by atoms with E-state index in [0.717, 1.165) is 6.54 Å². The summed E-state index contributed by atoms with van der Waals surface area (Å²) in [6, 6.07) is 6.47. The summed E-state index contributed by atoms with van der Waals surface area (Å²) in [5.41, 5.74) is 3.91. The van der Waals surface area contributed by atoms with Gasteiger partial charge in [0.2, 0.25) is 0 Å². The molecular formula is C17H26N2O2. The van der Waals surface area contributed by atoms with E-state index < -0.39 is 0 Å². The molecule has 0 bridgehead atoms. The molecule has 0 aliphatic rings. The fourth-order valence-corrected chi connectivity index (χ4v) is 2.76. The van der Waals surface area contributed by atoms with Crippen molar-refractivity contribution in [2.75, 3.05) is 19.8 Å². The van der Waals surface area contributed by atoms with Crippen molar-refractivity contribution in [1.29, 1.82) is 0 Å². The van der Waals surface area contributed by atoms with Crippen LogP contribution in [0.1, 0.15) is 25.0 Å². The monoisotopic (exact) mass is 290 g/mol. The zero-order chi connectivity index (χ0) is 15.2. The summed E-state index contributed by atoms with van der Waals surface area (Å²) in [6.45, 7) is 8.96. The Bertz CT molecular complexity index is 571. The summed E-state index contributed by atoms with van der Waals surface area (Å²) in [4.78, 5) is 0. The average molecular weight is 290 g/mol. The zero-order valence-electron chi connectivity index (χ0n) is 13.5. The number of hydrogen-bond acceptors (Lipinski definition) is 3. The van der Waals surface area contributed by atoms with Crippen LogP contribution in [0, 0.1) is 6.92 Å². The molecule has 2 aromatic rings. The van der Waals surface area contributed by atoms with E-state index in [9.17, 15) is 0 Å². The van der Waals surface area contributed by atoms with Crippen molar-refractivity contribution >= 4 is 10.9 Å². The lowest BCUT2D eigenvalue weighted by Crippen LogP contribution is -2.31. The third kappa shape index (κ3) is 3.84. The molecule has 21 heavy (non-hydrogen) atoms. The highest BCUT2D eigenvalue weighted by molar-refractivity contribution is 5.86. The molecule has 0 unspecified atom stereocenters. The first-order chi connectivity index (χ1) is 10.2. The van der Waals surface area contributed by atoms with E-state index in [4.69, 9.17) is 9.47 Å². The number of nitrogens with one attached hydrogen (secondary N) is 1. The number of rotatable bonds is 8. The van der Waals surface area contributed by atoms with Crippen molar-refractivity contribution in [1.82, 2.24) is 9.88 Å². The molecule has 4 nitrogen and oxygen atoms in total. The molecule has 0 amide bonds. The summed E-state index contributed by atoms with van der Waals surface area (Å²) in [5.74, 6) is 0. The fraction of sp³-hybridized carbons (Fsp3) is 0.529. The molecule has 1 heterocycles. The molecular weight excluding hydrogens is 264 g/mol. The van der Waals surface area contributed by atoms with Gasteiger partial charge in [0.1, 0.15) is 0 Å². The highest BCUT2D eigenvalue weighted by Crippen LogP contribution is 2.23. The number of aromatic nitrogens is 1. The van der Waals surface area contributed by atoms with Gasteiger partial charge in [-0.15, -0.1) is 0 Å². The maximum absolute atomic E-state index is 5.55. The van der Waals surface area contributed by atoms with Crippen molar-refractivity contribution in [3.8, 4) is 0 Å². The molecule has 116 valence electrons. The van der Waals surface area contributed by atoms with Crippen LogP contribution >= 0.6 is 0 Å². The summed E-state index contributed by atoms with van der Waals surface area (Å²) in [5, 5.41) is 4.76. The van der Waals surface area contributed by atoms with Gasteiger partial charge in [0.05, 0.1) is 5.52 Å². The van der Waals surface area contributed by atoms with Crippen molar-refractivity contribution in [2.45, 2.75) is 33.6 Å². The Morgan fingerprint density at radius 1 is 1.19 bits per heavy atom. The van der Waals surface area contributed by atoms with Crippen LogP contribution < -0.4 is 5.32 Å². The largest absolute Gasteiger partial charge is 0.352 e. The van der Waals surface area contributed by atoms with Crippen LogP contribution in [0.15, 0.2) is 24.4 Å². The van der Waals surface area contributed by atoms with E-state index in [1.807, 2.05) is 13.8 Å². The third-order valence-corrected chi connectivity index (χ3v) is 3.62. The molecule has 0 radical (unpaired) electrons. The van der Waals surface area contributed by atoms with E-state index in [1.165, 1.54) is 22.0 Å². The SMILES string of the molecule is CCOC(CNCc1cccc2c(C)cn(C)c12)OCC. The quantitative estimate of drug-likeness (QED) is 0.759. The number of ether oxygens (including phenoxy) is 2. The van der Waals surface area contributed by atoms with E-state index in [1.54, 1.807) is 0 Å². The van der Waals surface area contributed by atoms with Crippen LogP contribution in [0.2, 0.25) is 0 Å². The lowest BCUT2D eigenvalue weighted by Gasteiger charge is -2.17. The van der Waals surface area contributed by atoms with E-state index in [-0.39, 0.29) is 6.29 Å². The van der Waals surface area contributed by atoms with E-state index >= 15 is 0 Å². The van der Waals surface area contributed by atoms with Gasteiger partial charge >= 0.3 is 0 Å². The number of hydrogen-bond donors (Lipinski definition) is 1. The molecule has 1 aromatic carbocycles.